The first-order valence-corrected chi connectivity index (χ1v) is 8.78. The summed E-state index contributed by atoms with van der Waals surface area (Å²) in [5, 5.41) is 5.34. The molecule has 0 radical (unpaired) electrons. The van der Waals surface area contributed by atoms with Gasteiger partial charge in [0.25, 0.3) is 5.56 Å². The summed E-state index contributed by atoms with van der Waals surface area (Å²) in [6.45, 7) is 8.91. The van der Waals surface area contributed by atoms with Crippen LogP contribution in [0.5, 0.6) is 0 Å². The minimum Gasteiger partial charge on any atom is -0.288 e. The molecular formula is C21H22N4O. The van der Waals surface area contributed by atoms with Crippen LogP contribution >= 0.6 is 0 Å². The van der Waals surface area contributed by atoms with Crippen LogP contribution in [-0.4, -0.2) is 19.2 Å². The fraction of sp³-hybridized carbons (Fsp3) is 0.286. The van der Waals surface area contributed by atoms with E-state index in [9.17, 15) is 4.79 Å². The maximum absolute atomic E-state index is 13.2. The highest BCUT2D eigenvalue weighted by Crippen LogP contribution is 2.23. The van der Waals surface area contributed by atoms with Crippen molar-refractivity contribution in [3.05, 3.63) is 75.8 Å². The zero-order valence-electron chi connectivity index (χ0n) is 15.5. The summed E-state index contributed by atoms with van der Waals surface area (Å²) < 4.78 is 3.59. The summed E-state index contributed by atoms with van der Waals surface area (Å²) in [5.74, 6) is 0. The molecule has 5 heteroatoms. The van der Waals surface area contributed by atoms with E-state index in [1.807, 2.05) is 12.1 Å². The van der Waals surface area contributed by atoms with E-state index >= 15 is 0 Å². The molecule has 0 saturated heterocycles. The fourth-order valence-electron chi connectivity index (χ4n) is 3.10. The van der Waals surface area contributed by atoms with Gasteiger partial charge in [-0.3, -0.25) is 9.36 Å². The summed E-state index contributed by atoms with van der Waals surface area (Å²) in [6.07, 6.45) is 1.70. The van der Waals surface area contributed by atoms with Crippen molar-refractivity contribution < 1.29 is 0 Å². The number of benzene rings is 1. The molecule has 1 aromatic carbocycles. The van der Waals surface area contributed by atoms with E-state index < -0.39 is 0 Å². The van der Waals surface area contributed by atoms with Gasteiger partial charge in [-0.05, 0) is 24.6 Å². The second kappa shape index (κ2) is 5.80. The molecule has 0 spiro atoms. The molecule has 4 rings (SSSR count). The number of hydrogen-bond donors (Lipinski definition) is 0. The Kier molecular flexibility index (Phi) is 3.68. The van der Waals surface area contributed by atoms with Gasteiger partial charge < -0.3 is 0 Å². The second-order valence-corrected chi connectivity index (χ2v) is 7.80. The Morgan fingerprint density at radius 2 is 1.81 bits per heavy atom. The molecular weight excluding hydrogens is 324 g/mol. The molecule has 0 aliphatic heterocycles. The van der Waals surface area contributed by atoms with E-state index in [1.165, 1.54) is 5.56 Å². The van der Waals surface area contributed by atoms with Crippen LogP contribution < -0.4 is 5.56 Å². The van der Waals surface area contributed by atoms with Crippen molar-refractivity contribution in [1.29, 1.82) is 0 Å². The van der Waals surface area contributed by atoms with Crippen LogP contribution in [0.15, 0.2) is 53.5 Å². The molecule has 0 aliphatic carbocycles. The average molecular weight is 346 g/mol. The van der Waals surface area contributed by atoms with Crippen molar-refractivity contribution in [3.8, 4) is 0 Å². The molecule has 0 atom stereocenters. The summed E-state index contributed by atoms with van der Waals surface area (Å²) in [5.41, 5.74) is 4.44. The van der Waals surface area contributed by atoms with E-state index in [1.54, 1.807) is 21.3 Å². The monoisotopic (exact) mass is 346 g/mol. The van der Waals surface area contributed by atoms with E-state index in [4.69, 9.17) is 5.10 Å². The van der Waals surface area contributed by atoms with Crippen molar-refractivity contribution in [2.45, 2.75) is 39.7 Å². The number of fused-ring (bicyclic) bond motifs is 3. The number of aryl methyl sites for hydroxylation is 1. The number of nitrogens with zero attached hydrogens (tertiary/aromatic N) is 4. The standard InChI is InChI=1S/C21H22N4O/c1-14-7-9-15(10-8-14)13-24-18-12-17(21(2,3)4)23-25(18)19-16(20(24)26)6-5-11-22-19/h5-12H,13H2,1-4H3. The zero-order chi connectivity index (χ0) is 18.5. The van der Waals surface area contributed by atoms with Gasteiger partial charge in [0.05, 0.1) is 17.6 Å². The number of aromatic nitrogens is 4. The molecule has 0 aliphatic rings. The van der Waals surface area contributed by atoms with Gasteiger partial charge in [0.15, 0.2) is 5.65 Å². The molecule has 132 valence electrons. The molecule has 0 amide bonds. The lowest BCUT2D eigenvalue weighted by Crippen LogP contribution is -2.24. The van der Waals surface area contributed by atoms with Crippen LogP contribution in [0.1, 0.15) is 37.6 Å². The molecule has 0 unspecified atom stereocenters. The number of rotatable bonds is 2. The second-order valence-electron chi connectivity index (χ2n) is 7.80. The fourth-order valence-corrected chi connectivity index (χ4v) is 3.10. The van der Waals surface area contributed by atoms with E-state index in [2.05, 4.69) is 56.9 Å². The van der Waals surface area contributed by atoms with Crippen LogP contribution in [0.4, 0.5) is 0 Å². The zero-order valence-corrected chi connectivity index (χ0v) is 15.5. The predicted octanol–water partition coefficient (Wildman–Crippen LogP) is 3.70. The Bertz CT molecular complexity index is 1160. The van der Waals surface area contributed by atoms with Gasteiger partial charge in [-0.1, -0.05) is 50.6 Å². The minimum atomic E-state index is -0.113. The summed E-state index contributed by atoms with van der Waals surface area (Å²) in [6, 6.07) is 13.9. The summed E-state index contributed by atoms with van der Waals surface area (Å²) in [4.78, 5) is 17.6. The van der Waals surface area contributed by atoms with Crippen molar-refractivity contribution in [1.82, 2.24) is 19.2 Å². The van der Waals surface area contributed by atoms with E-state index in [0.717, 1.165) is 16.9 Å². The van der Waals surface area contributed by atoms with Gasteiger partial charge in [-0.15, -0.1) is 0 Å². The molecule has 0 bridgehead atoms. The SMILES string of the molecule is Cc1ccc(Cn2c(=O)c3cccnc3n3nc(C(C)(C)C)cc23)cc1. The lowest BCUT2D eigenvalue weighted by atomic mass is 9.93. The lowest BCUT2D eigenvalue weighted by molar-refractivity contribution is 0.563. The molecule has 3 heterocycles. The van der Waals surface area contributed by atoms with Crippen molar-refractivity contribution in [2.24, 2.45) is 0 Å². The van der Waals surface area contributed by atoms with Crippen molar-refractivity contribution in [2.75, 3.05) is 0 Å². The third-order valence-electron chi connectivity index (χ3n) is 4.66. The first-order chi connectivity index (χ1) is 12.3. The highest BCUT2D eigenvalue weighted by molar-refractivity contribution is 5.76. The predicted molar refractivity (Wildman–Crippen MR) is 104 cm³/mol. The molecule has 5 nitrogen and oxygen atoms in total. The third kappa shape index (κ3) is 2.69. The summed E-state index contributed by atoms with van der Waals surface area (Å²) in [7, 11) is 0. The largest absolute Gasteiger partial charge is 0.288 e. The van der Waals surface area contributed by atoms with Crippen LogP contribution in [0.2, 0.25) is 0 Å². The first-order valence-electron chi connectivity index (χ1n) is 8.78. The number of hydrogen-bond acceptors (Lipinski definition) is 3. The van der Waals surface area contributed by atoms with E-state index in [-0.39, 0.29) is 11.0 Å². The number of pyridine rings is 1. The van der Waals surface area contributed by atoms with Crippen LogP contribution in [-0.2, 0) is 12.0 Å². The van der Waals surface area contributed by atoms with Gasteiger partial charge in [0, 0.05) is 17.7 Å². The maximum Gasteiger partial charge on any atom is 0.263 e. The Hall–Kier alpha value is -2.95. The van der Waals surface area contributed by atoms with Gasteiger partial charge in [0.1, 0.15) is 5.65 Å². The minimum absolute atomic E-state index is 0.0402. The third-order valence-corrected chi connectivity index (χ3v) is 4.66. The highest BCUT2D eigenvalue weighted by Gasteiger charge is 2.21. The molecule has 0 N–H and O–H groups in total. The van der Waals surface area contributed by atoms with Crippen molar-refractivity contribution in [3.63, 3.8) is 0 Å². The average Bonchev–Trinajstić information content (AvgIpc) is 3.06. The van der Waals surface area contributed by atoms with Gasteiger partial charge >= 0.3 is 0 Å². The quantitative estimate of drug-likeness (QED) is 0.556. The Balaban J connectivity index is 2.03. The van der Waals surface area contributed by atoms with Crippen LogP contribution in [0.25, 0.3) is 16.7 Å². The topological polar surface area (TPSA) is 52.2 Å². The Morgan fingerprint density at radius 3 is 2.50 bits per heavy atom. The lowest BCUT2D eigenvalue weighted by Gasteiger charge is -2.13. The smallest absolute Gasteiger partial charge is 0.263 e. The first kappa shape index (κ1) is 16.5. The maximum atomic E-state index is 13.2. The van der Waals surface area contributed by atoms with Crippen molar-refractivity contribution >= 4 is 16.7 Å². The van der Waals surface area contributed by atoms with Crippen LogP contribution in [0.3, 0.4) is 0 Å². The van der Waals surface area contributed by atoms with Gasteiger partial charge in [0.2, 0.25) is 0 Å². The highest BCUT2D eigenvalue weighted by atomic mass is 16.1. The summed E-state index contributed by atoms with van der Waals surface area (Å²) >= 11 is 0. The normalized spacial score (nSPS) is 12.2. The van der Waals surface area contributed by atoms with E-state index in [0.29, 0.717) is 17.6 Å². The molecule has 4 aromatic rings. The Morgan fingerprint density at radius 1 is 1.08 bits per heavy atom. The molecule has 0 fully saturated rings. The molecule has 3 aromatic heterocycles. The van der Waals surface area contributed by atoms with Crippen LogP contribution in [0, 0.1) is 6.92 Å². The van der Waals surface area contributed by atoms with Gasteiger partial charge in [-0.2, -0.15) is 9.61 Å². The molecule has 0 saturated carbocycles. The van der Waals surface area contributed by atoms with Gasteiger partial charge in [-0.25, -0.2) is 4.98 Å². The Labute approximate surface area is 151 Å². The molecule has 26 heavy (non-hydrogen) atoms.